The van der Waals surface area contributed by atoms with Gasteiger partial charge in [0.2, 0.25) is 0 Å². The second-order valence-corrected chi connectivity index (χ2v) is 6.09. The molecule has 1 fully saturated rings. The number of nitrogens with one attached hydrogen (secondary N) is 1. The van der Waals surface area contributed by atoms with Crippen LogP contribution < -0.4 is 5.32 Å². The lowest BCUT2D eigenvalue weighted by Crippen LogP contribution is -2.38. The van der Waals surface area contributed by atoms with Crippen LogP contribution in [0.15, 0.2) is 23.6 Å². The standard InChI is InChI=1S/C14H23N3S/c1-2-9-15-12-7-4-3-5-8-13(12)18-14-16-10-6-11-17-14/h6,10-13,15H,2-5,7-9H2,1H3. The van der Waals surface area contributed by atoms with E-state index < -0.39 is 0 Å². The van der Waals surface area contributed by atoms with Gasteiger partial charge in [-0.1, -0.05) is 37.9 Å². The zero-order valence-corrected chi connectivity index (χ0v) is 12.0. The van der Waals surface area contributed by atoms with Crippen molar-refractivity contribution in [2.75, 3.05) is 6.54 Å². The summed E-state index contributed by atoms with van der Waals surface area (Å²) in [6, 6.07) is 2.51. The van der Waals surface area contributed by atoms with Crippen molar-refractivity contribution in [2.45, 2.75) is 61.9 Å². The fourth-order valence-electron chi connectivity index (χ4n) is 2.46. The van der Waals surface area contributed by atoms with Gasteiger partial charge in [-0.25, -0.2) is 9.97 Å². The first-order valence-corrected chi connectivity index (χ1v) is 7.95. The first-order valence-electron chi connectivity index (χ1n) is 7.07. The van der Waals surface area contributed by atoms with Crippen molar-refractivity contribution >= 4 is 11.8 Å². The van der Waals surface area contributed by atoms with Gasteiger partial charge < -0.3 is 5.32 Å². The third-order valence-electron chi connectivity index (χ3n) is 3.41. The number of hydrogen-bond donors (Lipinski definition) is 1. The lowest BCUT2D eigenvalue weighted by atomic mass is 10.1. The SMILES string of the molecule is CCCNC1CCCCCC1Sc1ncccn1. The van der Waals surface area contributed by atoms with Crippen molar-refractivity contribution in [3.63, 3.8) is 0 Å². The lowest BCUT2D eigenvalue weighted by molar-refractivity contribution is 0.469. The van der Waals surface area contributed by atoms with Crippen LogP contribution in [0.4, 0.5) is 0 Å². The van der Waals surface area contributed by atoms with E-state index in [1.807, 2.05) is 30.2 Å². The number of aromatic nitrogens is 2. The van der Waals surface area contributed by atoms with Crippen LogP contribution in [0, 0.1) is 0 Å². The topological polar surface area (TPSA) is 37.8 Å². The minimum Gasteiger partial charge on any atom is -0.313 e. The third kappa shape index (κ3) is 4.25. The van der Waals surface area contributed by atoms with Crippen LogP contribution in [0.25, 0.3) is 0 Å². The molecule has 0 spiro atoms. The zero-order valence-electron chi connectivity index (χ0n) is 11.1. The van der Waals surface area contributed by atoms with Gasteiger partial charge in [-0.2, -0.15) is 0 Å². The maximum Gasteiger partial charge on any atom is 0.187 e. The van der Waals surface area contributed by atoms with E-state index in [0.29, 0.717) is 11.3 Å². The predicted molar refractivity (Wildman–Crippen MR) is 76.8 cm³/mol. The Balaban J connectivity index is 1.96. The van der Waals surface area contributed by atoms with Gasteiger partial charge in [0.05, 0.1) is 0 Å². The molecule has 0 amide bonds. The molecule has 18 heavy (non-hydrogen) atoms. The van der Waals surface area contributed by atoms with Gasteiger partial charge in [-0.05, 0) is 31.9 Å². The molecule has 1 N–H and O–H groups in total. The first kappa shape index (κ1) is 13.8. The molecule has 0 aliphatic heterocycles. The molecule has 2 unspecified atom stereocenters. The molecule has 0 radical (unpaired) electrons. The van der Waals surface area contributed by atoms with Crippen molar-refractivity contribution in [1.82, 2.24) is 15.3 Å². The Hall–Kier alpha value is -0.610. The Bertz CT molecular complexity index is 331. The largest absolute Gasteiger partial charge is 0.313 e. The second kappa shape index (κ2) is 7.74. The highest BCUT2D eigenvalue weighted by Crippen LogP contribution is 2.31. The van der Waals surface area contributed by atoms with Crippen LogP contribution >= 0.6 is 11.8 Å². The Kier molecular flexibility index (Phi) is 5.94. The minimum atomic E-state index is 0.626. The summed E-state index contributed by atoms with van der Waals surface area (Å²) >= 11 is 1.85. The van der Waals surface area contributed by atoms with Gasteiger partial charge in [-0.15, -0.1) is 0 Å². The van der Waals surface area contributed by atoms with E-state index in [1.54, 1.807) is 0 Å². The van der Waals surface area contributed by atoms with Crippen molar-refractivity contribution in [1.29, 1.82) is 0 Å². The highest BCUT2D eigenvalue weighted by Gasteiger charge is 2.24. The van der Waals surface area contributed by atoms with Crippen molar-refractivity contribution < 1.29 is 0 Å². The van der Waals surface area contributed by atoms with E-state index in [2.05, 4.69) is 22.2 Å². The van der Waals surface area contributed by atoms with Gasteiger partial charge >= 0.3 is 0 Å². The quantitative estimate of drug-likeness (QED) is 0.655. The fourth-order valence-corrected chi connectivity index (χ4v) is 3.65. The second-order valence-electron chi connectivity index (χ2n) is 4.89. The molecule has 100 valence electrons. The molecule has 1 aromatic heterocycles. The van der Waals surface area contributed by atoms with Crippen LogP contribution in [0.5, 0.6) is 0 Å². The van der Waals surface area contributed by atoms with Crippen LogP contribution in [0.2, 0.25) is 0 Å². The molecule has 4 heteroatoms. The van der Waals surface area contributed by atoms with Crippen LogP contribution in [-0.4, -0.2) is 27.8 Å². The van der Waals surface area contributed by atoms with E-state index >= 15 is 0 Å². The number of rotatable bonds is 5. The molecule has 1 aliphatic rings. The van der Waals surface area contributed by atoms with Crippen LogP contribution in [0.3, 0.4) is 0 Å². The molecule has 1 saturated carbocycles. The van der Waals surface area contributed by atoms with E-state index in [0.717, 1.165) is 11.7 Å². The molecule has 3 nitrogen and oxygen atoms in total. The average molecular weight is 265 g/mol. The normalized spacial score (nSPS) is 24.7. The van der Waals surface area contributed by atoms with Gasteiger partial charge in [0, 0.05) is 23.7 Å². The number of thioether (sulfide) groups is 1. The maximum absolute atomic E-state index is 4.34. The van der Waals surface area contributed by atoms with Crippen molar-refractivity contribution in [2.24, 2.45) is 0 Å². The smallest absolute Gasteiger partial charge is 0.187 e. The van der Waals surface area contributed by atoms with Crippen LogP contribution in [0.1, 0.15) is 45.4 Å². The summed E-state index contributed by atoms with van der Waals surface area (Å²) in [6.45, 7) is 3.35. The molecule has 2 rings (SSSR count). The maximum atomic E-state index is 4.34. The zero-order chi connectivity index (χ0) is 12.6. The molecular formula is C14H23N3S. The van der Waals surface area contributed by atoms with Gasteiger partial charge in [0.15, 0.2) is 5.16 Å². The van der Waals surface area contributed by atoms with Crippen molar-refractivity contribution in [3.8, 4) is 0 Å². The molecule has 1 aliphatic carbocycles. The molecule has 1 aromatic rings. The summed E-state index contributed by atoms with van der Waals surface area (Å²) < 4.78 is 0. The minimum absolute atomic E-state index is 0.626. The summed E-state index contributed by atoms with van der Waals surface area (Å²) in [5, 5.41) is 5.26. The monoisotopic (exact) mass is 265 g/mol. The van der Waals surface area contributed by atoms with Crippen LogP contribution in [-0.2, 0) is 0 Å². The highest BCUT2D eigenvalue weighted by molar-refractivity contribution is 7.99. The van der Waals surface area contributed by atoms with E-state index in [9.17, 15) is 0 Å². The molecule has 0 saturated heterocycles. The van der Waals surface area contributed by atoms with Gasteiger partial charge in [0.25, 0.3) is 0 Å². The molecular weight excluding hydrogens is 242 g/mol. The Morgan fingerprint density at radius 2 is 2.00 bits per heavy atom. The summed E-state index contributed by atoms with van der Waals surface area (Å²) in [4.78, 5) is 8.68. The van der Waals surface area contributed by atoms with E-state index in [4.69, 9.17) is 0 Å². The van der Waals surface area contributed by atoms with E-state index in [-0.39, 0.29) is 0 Å². The first-order chi connectivity index (χ1) is 8.90. The number of nitrogens with zero attached hydrogens (tertiary/aromatic N) is 2. The summed E-state index contributed by atoms with van der Waals surface area (Å²) in [5.41, 5.74) is 0. The summed E-state index contributed by atoms with van der Waals surface area (Å²) in [6.07, 6.45) is 11.5. The summed E-state index contributed by atoms with van der Waals surface area (Å²) in [5.74, 6) is 0. The average Bonchev–Trinajstić information content (AvgIpc) is 2.63. The number of hydrogen-bond acceptors (Lipinski definition) is 4. The Labute approximate surface area is 114 Å². The molecule has 1 heterocycles. The molecule has 0 bridgehead atoms. The summed E-state index contributed by atoms with van der Waals surface area (Å²) in [7, 11) is 0. The fraction of sp³-hybridized carbons (Fsp3) is 0.714. The molecule has 0 aromatic carbocycles. The highest BCUT2D eigenvalue weighted by atomic mass is 32.2. The van der Waals surface area contributed by atoms with E-state index in [1.165, 1.54) is 38.5 Å². The van der Waals surface area contributed by atoms with Gasteiger partial charge in [-0.3, -0.25) is 0 Å². The molecule has 2 atom stereocenters. The lowest BCUT2D eigenvalue weighted by Gasteiger charge is -2.25. The Morgan fingerprint density at radius 1 is 1.22 bits per heavy atom. The third-order valence-corrected chi connectivity index (χ3v) is 4.70. The van der Waals surface area contributed by atoms with Crippen molar-refractivity contribution in [3.05, 3.63) is 18.5 Å². The predicted octanol–water partition coefficient (Wildman–Crippen LogP) is 3.27. The Morgan fingerprint density at radius 3 is 2.78 bits per heavy atom. The van der Waals surface area contributed by atoms with Gasteiger partial charge in [0.1, 0.15) is 0 Å².